The Morgan fingerprint density at radius 2 is 2.07 bits per heavy atom. The smallest absolute Gasteiger partial charge is 0.307 e. The fourth-order valence-corrected chi connectivity index (χ4v) is 4.22. The standard InChI is InChI=1S/C19H18ClNO5S/c1-4-26-16-7-11(9-27-16)19(24)21-10(2)12(8-15(22)23)17-13(21)5-6-14(25-3)18(17)20/h5-7,9H,4,8H2,1-3H3,(H,22,23). The number of halogens is 1. The summed E-state index contributed by atoms with van der Waals surface area (Å²) in [5, 5.41) is 12.5. The van der Waals surface area contributed by atoms with Gasteiger partial charge in [-0.1, -0.05) is 11.6 Å². The Balaban J connectivity index is 2.22. The lowest BCUT2D eigenvalue weighted by Crippen LogP contribution is -2.13. The van der Waals surface area contributed by atoms with E-state index in [2.05, 4.69) is 0 Å². The first-order chi connectivity index (χ1) is 12.9. The molecule has 0 amide bonds. The molecule has 2 heterocycles. The summed E-state index contributed by atoms with van der Waals surface area (Å²) < 4.78 is 12.2. The van der Waals surface area contributed by atoms with Gasteiger partial charge < -0.3 is 14.6 Å². The van der Waals surface area contributed by atoms with Crippen molar-refractivity contribution in [1.29, 1.82) is 0 Å². The van der Waals surface area contributed by atoms with Crippen molar-refractivity contribution in [3.8, 4) is 10.8 Å². The van der Waals surface area contributed by atoms with Crippen LogP contribution in [0.25, 0.3) is 10.9 Å². The summed E-state index contributed by atoms with van der Waals surface area (Å²) in [7, 11) is 1.49. The Labute approximate surface area is 164 Å². The normalized spacial score (nSPS) is 11.0. The van der Waals surface area contributed by atoms with Crippen molar-refractivity contribution >= 4 is 45.7 Å². The fourth-order valence-electron chi connectivity index (χ4n) is 3.08. The monoisotopic (exact) mass is 407 g/mol. The Morgan fingerprint density at radius 1 is 1.33 bits per heavy atom. The number of hydrogen-bond donors (Lipinski definition) is 1. The SMILES string of the molecule is CCOc1cc(C(=O)n2c(C)c(CC(=O)O)c3c(Cl)c(OC)ccc32)cs1. The molecule has 6 nitrogen and oxygen atoms in total. The van der Waals surface area contributed by atoms with Gasteiger partial charge in [0.25, 0.3) is 5.91 Å². The molecule has 1 aromatic carbocycles. The number of carbonyl (C=O) groups is 2. The summed E-state index contributed by atoms with van der Waals surface area (Å²) in [6.45, 7) is 4.10. The van der Waals surface area contributed by atoms with Crippen molar-refractivity contribution in [2.75, 3.05) is 13.7 Å². The van der Waals surface area contributed by atoms with Crippen LogP contribution in [0.3, 0.4) is 0 Å². The molecule has 142 valence electrons. The van der Waals surface area contributed by atoms with Crippen molar-refractivity contribution in [2.45, 2.75) is 20.3 Å². The third-order valence-corrected chi connectivity index (χ3v) is 5.47. The van der Waals surface area contributed by atoms with Crippen LogP contribution in [0.4, 0.5) is 0 Å². The molecule has 27 heavy (non-hydrogen) atoms. The first-order valence-electron chi connectivity index (χ1n) is 8.23. The van der Waals surface area contributed by atoms with E-state index in [0.717, 1.165) is 0 Å². The quantitative estimate of drug-likeness (QED) is 0.655. The minimum absolute atomic E-state index is 0.247. The number of carboxylic acids is 1. The molecule has 8 heteroatoms. The van der Waals surface area contributed by atoms with Gasteiger partial charge in [0.2, 0.25) is 0 Å². The molecule has 0 saturated heterocycles. The van der Waals surface area contributed by atoms with E-state index in [0.29, 0.717) is 50.2 Å². The number of nitrogens with zero attached hydrogens (tertiary/aromatic N) is 1. The highest BCUT2D eigenvalue weighted by Gasteiger charge is 2.25. The van der Waals surface area contributed by atoms with E-state index in [-0.39, 0.29) is 12.3 Å². The number of fused-ring (bicyclic) bond motifs is 1. The van der Waals surface area contributed by atoms with Crippen LogP contribution in [-0.2, 0) is 11.2 Å². The van der Waals surface area contributed by atoms with Crippen molar-refractivity contribution in [2.24, 2.45) is 0 Å². The van der Waals surface area contributed by atoms with Crippen molar-refractivity contribution < 1.29 is 24.2 Å². The Morgan fingerprint density at radius 3 is 2.70 bits per heavy atom. The van der Waals surface area contributed by atoms with Crippen LogP contribution in [0.2, 0.25) is 5.02 Å². The lowest BCUT2D eigenvalue weighted by Gasteiger charge is -2.07. The highest BCUT2D eigenvalue weighted by molar-refractivity contribution is 7.12. The minimum atomic E-state index is -1.00. The molecule has 0 atom stereocenters. The van der Waals surface area contributed by atoms with Gasteiger partial charge in [0.1, 0.15) is 5.75 Å². The van der Waals surface area contributed by atoms with E-state index >= 15 is 0 Å². The first kappa shape index (κ1) is 19.3. The summed E-state index contributed by atoms with van der Waals surface area (Å²) in [4.78, 5) is 24.5. The van der Waals surface area contributed by atoms with Gasteiger partial charge in [0.05, 0.1) is 36.2 Å². The van der Waals surface area contributed by atoms with Gasteiger partial charge in [-0.2, -0.15) is 0 Å². The Kier molecular flexibility index (Phi) is 5.43. The molecule has 0 unspecified atom stereocenters. The second-order valence-electron chi connectivity index (χ2n) is 5.84. The van der Waals surface area contributed by atoms with E-state index < -0.39 is 5.97 Å². The number of methoxy groups -OCH3 is 1. The summed E-state index contributed by atoms with van der Waals surface area (Å²) in [6.07, 6.45) is -0.247. The summed E-state index contributed by atoms with van der Waals surface area (Å²) in [5.74, 6) is -0.843. The molecule has 2 aromatic heterocycles. The predicted octanol–water partition coefficient (Wildman–Crippen LogP) is 4.39. The maximum atomic E-state index is 13.2. The molecule has 0 fully saturated rings. The summed E-state index contributed by atoms with van der Waals surface area (Å²) >= 11 is 7.79. The molecular weight excluding hydrogens is 390 g/mol. The zero-order chi connectivity index (χ0) is 19.7. The third-order valence-electron chi connectivity index (χ3n) is 4.26. The molecule has 1 N–H and O–H groups in total. The highest BCUT2D eigenvalue weighted by Crippen LogP contribution is 2.38. The van der Waals surface area contributed by atoms with E-state index in [1.54, 1.807) is 30.5 Å². The van der Waals surface area contributed by atoms with E-state index in [9.17, 15) is 14.7 Å². The second kappa shape index (κ2) is 7.62. The third kappa shape index (κ3) is 3.40. The highest BCUT2D eigenvalue weighted by atomic mass is 35.5. The number of carbonyl (C=O) groups excluding carboxylic acids is 1. The zero-order valence-electron chi connectivity index (χ0n) is 15.0. The van der Waals surface area contributed by atoms with Crippen LogP contribution in [-0.4, -0.2) is 35.3 Å². The second-order valence-corrected chi connectivity index (χ2v) is 7.09. The van der Waals surface area contributed by atoms with Crippen molar-refractivity contribution in [1.82, 2.24) is 4.57 Å². The number of ether oxygens (including phenoxy) is 2. The topological polar surface area (TPSA) is 77.8 Å². The van der Waals surface area contributed by atoms with Gasteiger partial charge in [-0.05, 0) is 31.5 Å². The van der Waals surface area contributed by atoms with E-state index in [4.69, 9.17) is 21.1 Å². The largest absolute Gasteiger partial charge is 0.495 e. The number of rotatable bonds is 6. The number of carboxylic acid groups (broad SMARTS) is 1. The zero-order valence-corrected chi connectivity index (χ0v) is 16.6. The number of benzene rings is 1. The van der Waals surface area contributed by atoms with Crippen LogP contribution in [0.15, 0.2) is 23.6 Å². The van der Waals surface area contributed by atoms with Crippen molar-refractivity contribution in [3.05, 3.63) is 45.4 Å². The molecule has 0 saturated carbocycles. The van der Waals surface area contributed by atoms with Gasteiger partial charge in [0, 0.05) is 22.5 Å². The summed E-state index contributed by atoms with van der Waals surface area (Å²) in [5.41, 5.74) is 2.05. The molecule has 0 aliphatic rings. The van der Waals surface area contributed by atoms with Crippen LogP contribution in [0.5, 0.6) is 10.8 Å². The van der Waals surface area contributed by atoms with Crippen LogP contribution < -0.4 is 9.47 Å². The number of hydrogen-bond acceptors (Lipinski definition) is 5. The van der Waals surface area contributed by atoms with E-state index in [1.807, 2.05) is 6.92 Å². The predicted molar refractivity (Wildman–Crippen MR) is 105 cm³/mol. The van der Waals surface area contributed by atoms with Crippen LogP contribution >= 0.6 is 22.9 Å². The molecule has 0 bridgehead atoms. The molecule has 0 aliphatic carbocycles. The maximum absolute atomic E-state index is 13.2. The average Bonchev–Trinajstić information content (AvgIpc) is 3.19. The van der Waals surface area contributed by atoms with Crippen LogP contribution in [0, 0.1) is 6.92 Å². The first-order valence-corrected chi connectivity index (χ1v) is 9.49. The van der Waals surface area contributed by atoms with Crippen LogP contribution in [0.1, 0.15) is 28.5 Å². The van der Waals surface area contributed by atoms with Gasteiger partial charge in [0.15, 0.2) is 5.06 Å². The van der Waals surface area contributed by atoms with Gasteiger partial charge >= 0.3 is 5.97 Å². The van der Waals surface area contributed by atoms with Gasteiger partial charge in [-0.3, -0.25) is 14.2 Å². The molecule has 0 aliphatic heterocycles. The van der Waals surface area contributed by atoms with E-state index in [1.165, 1.54) is 23.0 Å². The maximum Gasteiger partial charge on any atom is 0.307 e. The molecule has 3 rings (SSSR count). The minimum Gasteiger partial charge on any atom is -0.495 e. The average molecular weight is 408 g/mol. The number of thiophene rings is 1. The van der Waals surface area contributed by atoms with Gasteiger partial charge in [-0.15, -0.1) is 11.3 Å². The van der Waals surface area contributed by atoms with Gasteiger partial charge in [-0.25, -0.2) is 0 Å². The Hall–Kier alpha value is -2.51. The molecule has 3 aromatic rings. The summed E-state index contributed by atoms with van der Waals surface area (Å²) in [6, 6.07) is 5.06. The number of aromatic nitrogens is 1. The molecular formula is C19H18ClNO5S. The molecule has 0 spiro atoms. The number of aliphatic carboxylic acids is 1. The van der Waals surface area contributed by atoms with Crippen molar-refractivity contribution in [3.63, 3.8) is 0 Å². The Bertz CT molecular complexity index is 1040. The molecule has 0 radical (unpaired) electrons. The lowest BCUT2D eigenvalue weighted by molar-refractivity contribution is -0.136. The fraction of sp³-hybridized carbons (Fsp3) is 0.263. The lowest BCUT2D eigenvalue weighted by atomic mass is 10.1.